The number of ether oxygens (including phenoxy) is 1. The van der Waals surface area contributed by atoms with Crippen molar-refractivity contribution in [1.82, 2.24) is 19.6 Å². The zero-order valence-corrected chi connectivity index (χ0v) is 17.4. The number of aromatic nitrogens is 4. The molecule has 0 bridgehead atoms. The number of nitrogens with zero attached hydrogens (tertiary/aromatic N) is 4. The van der Waals surface area contributed by atoms with Crippen molar-refractivity contribution in [1.29, 1.82) is 0 Å². The van der Waals surface area contributed by atoms with Gasteiger partial charge in [0.2, 0.25) is 0 Å². The molecule has 5 nitrogen and oxygen atoms in total. The Morgan fingerprint density at radius 3 is 2.24 bits per heavy atom. The zero-order valence-electron chi connectivity index (χ0n) is 17.4. The van der Waals surface area contributed by atoms with E-state index in [0.29, 0.717) is 34.0 Å². The Labute approximate surface area is 188 Å². The number of hydrogen-bond donors (Lipinski definition) is 0. The lowest BCUT2D eigenvalue weighted by molar-refractivity contribution is 0.483. The Bertz CT molecular complexity index is 1590. The first-order valence-electron chi connectivity index (χ1n) is 10.5. The van der Waals surface area contributed by atoms with Crippen LogP contribution in [0.3, 0.4) is 0 Å². The van der Waals surface area contributed by atoms with E-state index in [1.54, 1.807) is 18.3 Å². The number of pyridine rings is 2. The second-order valence-electron chi connectivity index (χ2n) is 7.58. The Kier molecular flexibility index (Phi) is 4.54. The van der Waals surface area contributed by atoms with E-state index in [2.05, 4.69) is 15.2 Å². The minimum Gasteiger partial charge on any atom is -0.457 e. The van der Waals surface area contributed by atoms with Gasteiger partial charge in [-0.2, -0.15) is 0 Å². The first-order chi connectivity index (χ1) is 16.3. The van der Waals surface area contributed by atoms with Crippen LogP contribution in [0.15, 0.2) is 103 Å². The molecule has 0 unspecified atom stereocenters. The molecule has 33 heavy (non-hydrogen) atoms. The number of rotatable bonds is 4. The first-order valence-corrected chi connectivity index (χ1v) is 10.5. The maximum Gasteiger partial charge on any atom is 0.170 e. The second-order valence-corrected chi connectivity index (χ2v) is 7.58. The standard InChI is InChI=1S/C27H17FN4O/c28-24-11-5-4-10-22(24)23-17-19-7-6-16-29-25(19)32-26(30-31-27(23)32)18-12-14-21(15-13-18)33-20-8-2-1-3-9-20/h1-17H. The van der Waals surface area contributed by atoms with Crippen LogP contribution < -0.4 is 4.74 Å². The molecule has 6 aromatic rings. The van der Waals surface area contributed by atoms with Crippen molar-refractivity contribution in [3.63, 3.8) is 0 Å². The highest BCUT2D eigenvalue weighted by Gasteiger charge is 2.18. The van der Waals surface area contributed by atoms with Gasteiger partial charge >= 0.3 is 0 Å². The molecule has 0 saturated heterocycles. The van der Waals surface area contributed by atoms with Crippen molar-refractivity contribution < 1.29 is 9.13 Å². The summed E-state index contributed by atoms with van der Waals surface area (Å²) in [6.07, 6.45) is 1.73. The number of para-hydroxylation sites is 1. The van der Waals surface area contributed by atoms with Crippen LogP contribution in [-0.4, -0.2) is 19.6 Å². The molecule has 0 fully saturated rings. The summed E-state index contributed by atoms with van der Waals surface area (Å²) in [6.45, 7) is 0. The molecule has 0 radical (unpaired) electrons. The molecule has 0 atom stereocenters. The molecule has 6 heteroatoms. The van der Waals surface area contributed by atoms with Gasteiger partial charge in [0.25, 0.3) is 0 Å². The summed E-state index contributed by atoms with van der Waals surface area (Å²) >= 11 is 0. The third-order valence-electron chi connectivity index (χ3n) is 5.49. The van der Waals surface area contributed by atoms with Crippen molar-refractivity contribution in [3.05, 3.63) is 109 Å². The van der Waals surface area contributed by atoms with Gasteiger partial charge in [-0.05, 0) is 60.7 Å². The van der Waals surface area contributed by atoms with Crippen molar-refractivity contribution in [2.75, 3.05) is 0 Å². The number of fused-ring (bicyclic) bond motifs is 3. The van der Waals surface area contributed by atoms with Crippen LogP contribution in [0, 0.1) is 5.82 Å². The summed E-state index contributed by atoms with van der Waals surface area (Å²) < 4.78 is 22.5. The second kappa shape index (κ2) is 7.84. The highest BCUT2D eigenvalue weighted by atomic mass is 19.1. The average Bonchev–Trinajstić information content (AvgIpc) is 3.31. The van der Waals surface area contributed by atoms with Gasteiger partial charge in [-0.25, -0.2) is 9.37 Å². The van der Waals surface area contributed by atoms with E-state index in [1.807, 2.05) is 83.3 Å². The summed E-state index contributed by atoms with van der Waals surface area (Å²) in [5.41, 5.74) is 3.24. The lowest BCUT2D eigenvalue weighted by Gasteiger charge is -2.10. The fraction of sp³-hybridized carbons (Fsp3) is 0. The smallest absolute Gasteiger partial charge is 0.170 e. The number of hydrogen-bond acceptors (Lipinski definition) is 4. The van der Waals surface area contributed by atoms with Gasteiger partial charge in [0.05, 0.1) is 0 Å². The molecule has 0 amide bonds. The maximum atomic E-state index is 14.7. The molecule has 0 saturated carbocycles. The van der Waals surface area contributed by atoms with Gasteiger partial charge in [0.1, 0.15) is 23.0 Å². The molecule has 3 aromatic heterocycles. The van der Waals surface area contributed by atoms with Crippen LogP contribution in [0.5, 0.6) is 11.5 Å². The van der Waals surface area contributed by atoms with Crippen LogP contribution in [0.1, 0.15) is 0 Å². The fourth-order valence-corrected chi connectivity index (χ4v) is 3.95. The van der Waals surface area contributed by atoms with Crippen LogP contribution >= 0.6 is 0 Å². The van der Waals surface area contributed by atoms with Crippen molar-refractivity contribution in [2.45, 2.75) is 0 Å². The molecular formula is C27H17FN4O. The van der Waals surface area contributed by atoms with Gasteiger partial charge in [0.15, 0.2) is 11.5 Å². The molecule has 6 rings (SSSR count). The van der Waals surface area contributed by atoms with E-state index in [-0.39, 0.29) is 5.82 Å². The predicted molar refractivity (Wildman–Crippen MR) is 126 cm³/mol. The molecule has 3 heterocycles. The number of halogens is 1. The molecule has 158 valence electrons. The number of benzene rings is 3. The summed E-state index contributed by atoms with van der Waals surface area (Å²) in [4.78, 5) is 4.56. The van der Waals surface area contributed by atoms with Crippen molar-refractivity contribution >= 4 is 16.7 Å². The van der Waals surface area contributed by atoms with E-state index in [9.17, 15) is 4.39 Å². The van der Waals surface area contributed by atoms with Crippen LogP contribution in [0.4, 0.5) is 4.39 Å². The van der Waals surface area contributed by atoms with E-state index < -0.39 is 0 Å². The van der Waals surface area contributed by atoms with Crippen LogP contribution in [-0.2, 0) is 0 Å². The first kappa shape index (κ1) is 19.1. The van der Waals surface area contributed by atoms with Crippen LogP contribution in [0.2, 0.25) is 0 Å². The highest BCUT2D eigenvalue weighted by molar-refractivity contribution is 5.91. The van der Waals surface area contributed by atoms with Crippen LogP contribution in [0.25, 0.3) is 39.2 Å². The molecule has 0 aliphatic heterocycles. The lowest BCUT2D eigenvalue weighted by atomic mass is 10.0. The maximum absolute atomic E-state index is 14.7. The van der Waals surface area contributed by atoms with E-state index >= 15 is 0 Å². The summed E-state index contributed by atoms with van der Waals surface area (Å²) in [5, 5.41) is 9.75. The third-order valence-corrected chi connectivity index (χ3v) is 5.49. The van der Waals surface area contributed by atoms with Gasteiger partial charge < -0.3 is 4.74 Å². The normalized spacial score (nSPS) is 11.2. The monoisotopic (exact) mass is 432 g/mol. The molecule has 0 aliphatic carbocycles. The summed E-state index contributed by atoms with van der Waals surface area (Å²) in [7, 11) is 0. The van der Waals surface area contributed by atoms with Gasteiger partial charge in [-0.15, -0.1) is 10.2 Å². The Hall–Kier alpha value is -4.58. The molecule has 0 spiro atoms. The average molecular weight is 432 g/mol. The van der Waals surface area contributed by atoms with Gasteiger partial charge in [-0.3, -0.25) is 4.40 Å². The third kappa shape index (κ3) is 3.38. The predicted octanol–water partition coefficient (Wildman–Crippen LogP) is 6.54. The fourth-order valence-electron chi connectivity index (χ4n) is 3.95. The summed E-state index contributed by atoms with van der Waals surface area (Å²) in [5.74, 6) is 1.80. The lowest BCUT2D eigenvalue weighted by Crippen LogP contribution is -1.97. The highest BCUT2D eigenvalue weighted by Crippen LogP contribution is 2.33. The Morgan fingerprint density at radius 2 is 1.42 bits per heavy atom. The quantitative estimate of drug-likeness (QED) is 0.317. The zero-order chi connectivity index (χ0) is 22.2. The minimum atomic E-state index is -0.311. The van der Waals surface area contributed by atoms with Gasteiger partial charge in [0, 0.05) is 28.3 Å². The Balaban J connectivity index is 1.51. The molecule has 3 aromatic carbocycles. The summed E-state index contributed by atoms with van der Waals surface area (Å²) in [6, 6.07) is 29.6. The van der Waals surface area contributed by atoms with E-state index in [4.69, 9.17) is 4.74 Å². The largest absolute Gasteiger partial charge is 0.457 e. The Morgan fingerprint density at radius 1 is 0.667 bits per heavy atom. The minimum absolute atomic E-state index is 0.311. The topological polar surface area (TPSA) is 52.3 Å². The molecule has 0 N–H and O–H groups in total. The molecular weight excluding hydrogens is 415 g/mol. The van der Waals surface area contributed by atoms with Crippen molar-refractivity contribution in [3.8, 4) is 34.0 Å². The van der Waals surface area contributed by atoms with Gasteiger partial charge in [-0.1, -0.05) is 36.4 Å². The van der Waals surface area contributed by atoms with E-state index in [0.717, 1.165) is 16.7 Å². The SMILES string of the molecule is Fc1ccccc1-c1cc2cccnc2n2c(-c3ccc(Oc4ccccc4)cc3)nnc12. The van der Waals surface area contributed by atoms with E-state index in [1.165, 1.54) is 6.07 Å². The van der Waals surface area contributed by atoms with Crippen molar-refractivity contribution in [2.24, 2.45) is 0 Å². The molecule has 0 aliphatic rings.